The van der Waals surface area contributed by atoms with Crippen molar-refractivity contribution in [2.24, 2.45) is 0 Å². The smallest absolute Gasteiger partial charge is 0.244 e. The Bertz CT molecular complexity index is 405. The van der Waals surface area contributed by atoms with E-state index in [0.717, 1.165) is 5.82 Å². The Labute approximate surface area is 101 Å². The van der Waals surface area contributed by atoms with E-state index in [4.69, 9.17) is 0 Å². The van der Waals surface area contributed by atoms with Crippen molar-refractivity contribution in [1.29, 1.82) is 0 Å². The fourth-order valence-corrected chi connectivity index (χ4v) is 1.44. The molecule has 0 fully saturated rings. The molecular formula is C11H19N5O. The van der Waals surface area contributed by atoms with Gasteiger partial charge in [-0.1, -0.05) is 0 Å². The maximum Gasteiger partial charge on any atom is 0.244 e. The third kappa shape index (κ3) is 3.58. The summed E-state index contributed by atoms with van der Waals surface area (Å²) in [4.78, 5) is 21.6. The number of anilines is 2. The number of likely N-dealkylation sites (N-methyl/N-ethyl adjacent to an activating group) is 1. The summed E-state index contributed by atoms with van der Waals surface area (Å²) in [5, 5.41) is 6.00. The van der Waals surface area contributed by atoms with E-state index < -0.39 is 0 Å². The van der Waals surface area contributed by atoms with Crippen LogP contribution < -0.4 is 10.6 Å². The standard InChI is InChI=1S/C11H19N5O/c1-7(11(17)16(4)5)13-10-6-9(12-3)14-8(2)15-10/h6-7H,1-5H3,(H2,12,13,14,15). The fourth-order valence-electron chi connectivity index (χ4n) is 1.44. The van der Waals surface area contributed by atoms with Crippen LogP contribution in [0.25, 0.3) is 0 Å². The average molecular weight is 237 g/mol. The maximum atomic E-state index is 11.7. The first-order valence-corrected chi connectivity index (χ1v) is 5.45. The quantitative estimate of drug-likeness (QED) is 0.807. The number of nitrogens with one attached hydrogen (secondary N) is 2. The number of carbonyl (C=O) groups is 1. The second-order valence-corrected chi connectivity index (χ2v) is 4.03. The molecule has 0 saturated heterocycles. The zero-order valence-corrected chi connectivity index (χ0v) is 10.9. The molecule has 94 valence electrons. The first-order valence-electron chi connectivity index (χ1n) is 5.45. The van der Waals surface area contributed by atoms with Crippen LogP contribution in [-0.4, -0.2) is 48.0 Å². The number of aromatic nitrogens is 2. The highest BCUT2D eigenvalue weighted by molar-refractivity contribution is 5.83. The summed E-state index contributed by atoms with van der Waals surface area (Å²) in [6.07, 6.45) is 0. The molecule has 1 rings (SSSR count). The van der Waals surface area contributed by atoms with Crippen molar-refractivity contribution in [3.63, 3.8) is 0 Å². The van der Waals surface area contributed by atoms with Crippen molar-refractivity contribution in [2.75, 3.05) is 31.8 Å². The zero-order chi connectivity index (χ0) is 13.0. The molecule has 1 amide bonds. The normalized spacial score (nSPS) is 11.8. The number of amides is 1. The van der Waals surface area contributed by atoms with Crippen LogP contribution in [0.4, 0.5) is 11.6 Å². The van der Waals surface area contributed by atoms with Gasteiger partial charge in [0.15, 0.2) is 0 Å². The van der Waals surface area contributed by atoms with E-state index in [0.29, 0.717) is 11.6 Å². The highest BCUT2D eigenvalue weighted by atomic mass is 16.2. The van der Waals surface area contributed by atoms with E-state index >= 15 is 0 Å². The van der Waals surface area contributed by atoms with Gasteiger partial charge in [-0.15, -0.1) is 0 Å². The highest BCUT2D eigenvalue weighted by Crippen LogP contribution is 2.11. The van der Waals surface area contributed by atoms with Crippen LogP contribution in [0.15, 0.2) is 6.07 Å². The largest absolute Gasteiger partial charge is 0.373 e. The summed E-state index contributed by atoms with van der Waals surface area (Å²) in [6.45, 7) is 3.61. The van der Waals surface area contributed by atoms with Crippen LogP contribution in [0.2, 0.25) is 0 Å². The first kappa shape index (κ1) is 13.2. The minimum absolute atomic E-state index is 0.00673. The third-order valence-electron chi connectivity index (χ3n) is 2.27. The molecular weight excluding hydrogens is 218 g/mol. The van der Waals surface area contributed by atoms with Gasteiger partial charge in [0.2, 0.25) is 5.91 Å². The zero-order valence-electron chi connectivity index (χ0n) is 10.9. The van der Waals surface area contributed by atoms with Gasteiger partial charge in [-0.2, -0.15) is 0 Å². The molecule has 0 aliphatic rings. The van der Waals surface area contributed by atoms with Gasteiger partial charge >= 0.3 is 0 Å². The topological polar surface area (TPSA) is 70.2 Å². The Balaban J connectivity index is 2.81. The Kier molecular flexibility index (Phi) is 4.25. The third-order valence-corrected chi connectivity index (χ3v) is 2.27. The van der Waals surface area contributed by atoms with Crippen LogP contribution in [0, 0.1) is 6.92 Å². The van der Waals surface area contributed by atoms with Gasteiger partial charge in [-0.05, 0) is 13.8 Å². The van der Waals surface area contributed by atoms with Gasteiger partial charge in [0.25, 0.3) is 0 Å². The summed E-state index contributed by atoms with van der Waals surface area (Å²) < 4.78 is 0. The maximum absolute atomic E-state index is 11.7. The number of rotatable bonds is 4. The number of hydrogen-bond acceptors (Lipinski definition) is 5. The lowest BCUT2D eigenvalue weighted by molar-refractivity contribution is -0.129. The van der Waals surface area contributed by atoms with Gasteiger partial charge < -0.3 is 15.5 Å². The van der Waals surface area contributed by atoms with Crippen molar-refractivity contribution in [1.82, 2.24) is 14.9 Å². The Morgan fingerprint density at radius 2 is 1.94 bits per heavy atom. The summed E-state index contributed by atoms with van der Waals surface area (Å²) in [5.41, 5.74) is 0. The Hall–Kier alpha value is -1.85. The van der Waals surface area contributed by atoms with Gasteiger partial charge in [0, 0.05) is 27.2 Å². The van der Waals surface area contributed by atoms with Crippen LogP contribution in [0.5, 0.6) is 0 Å². The van der Waals surface area contributed by atoms with E-state index in [-0.39, 0.29) is 11.9 Å². The van der Waals surface area contributed by atoms with E-state index in [1.165, 1.54) is 0 Å². The van der Waals surface area contributed by atoms with Crippen molar-refractivity contribution in [3.05, 3.63) is 11.9 Å². The van der Waals surface area contributed by atoms with Gasteiger partial charge in [-0.3, -0.25) is 4.79 Å². The molecule has 6 nitrogen and oxygen atoms in total. The lowest BCUT2D eigenvalue weighted by Gasteiger charge is -2.18. The Morgan fingerprint density at radius 3 is 2.47 bits per heavy atom. The van der Waals surface area contributed by atoms with Gasteiger partial charge in [0.05, 0.1) is 0 Å². The molecule has 0 aromatic carbocycles. The van der Waals surface area contributed by atoms with Crippen LogP contribution in [0.1, 0.15) is 12.7 Å². The second-order valence-electron chi connectivity index (χ2n) is 4.03. The Morgan fingerprint density at radius 1 is 1.35 bits per heavy atom. The number of nitrogens with zero attached hydrogens (tertiary/aromatic N) is 3. The van der Waals surface area contributed by atoms with Crippen molar-refractivity contribution in [2.45, 2.75) is 19.9 Å². The summed E-state index contributed by atoms with van der Waals surface area (Å²) in [6, 6.07) is 1.45. The predicted octanol–water partition coefficient (Wildman–Crippen LogP) is 0.715. The minimum atomic E-state index is -0.316. The molecule has 0 spiro atoms. The van der Waals surface area contributed by atoms with Crippen molar-refractivity contribution in [3.8, 4) is 0 Å². The van der Waals surface area contributed by atoms with Crippen LogP contribution >= 0.6 is 0 Å². The molecule has 1 heterocycles. The number of carbonyl (C=O) groups excluding carboxylic acids is 1. The number of aryl methyl sites for hydroxylation is 1. The lowest BCUT2D eigenvalue weighted by atomic mass is 10.3. The fraction of sp³-hybridized carbons (Fsp3) is 0.545. The van der Waals surface area contributed by atoms with Gasteiger partial charge in [-0.25, -0.2) is 9.97 Å². The molecule has 1 unspecified atom stereocenters. The summed E-state index contributed by atoms with van der Waals surface area (Å²) >= 11 is 0. The lowest BCUT2D eigenvalue weighted by Crippen LogP contribution is -2.36. The minimum Gasteiger partial charge on any atom is -0.373 e. The molecule has 0 radical (unpaired) electrons. The molecule has 17 heavy (non-hydrogen) atoms. The number of hydrogen-bond donors (Lipinski definition) is 2. The highest BCUT2D eigenvalue weighted by Gasteiger charge is 2.15. The van der Waals surface area contributed by atoms with E-state index in [1.807, 2.05) is 6.92 Å². The molecule has 6 heteroatoms. The predicted molar refractivity (Wildman–Crippen MR) is 68.1 cm³/mol. The molecule has 1 atom stereocenters. The SMILES string of the molecule is CNc1cc(NC(C)C(=O)N(C)C)nc(C)n1. The summed E-state index contributed by atoms with van der Waals surface area (Å²) in [7, 11) is 5.25. The van der Waals surface area contributed by atoms with Gasteiger partial charge in [0.1, 0.15) is 23.5 Å². The molecule has 1 aromatic heterocycles. The monoisotopic (exact) mass is 237 g/mol. The average Bonchev–Trinajstić information content (AvgIpc) is 2.26. The molecule has 0 aliphatic heterocycles. The molecule has 0 aliphatic carbocycles. The summed E-state index contributed by atoms with van der Waals surface area (Å²) in [5.74, 6) is 2.03. The van der Waals surface area contributed by atoms with E-state index in [2.05, 4.69) is 20.6 Å². The molecule has 0 bridgehead atoms. The molecule has 1 aromatic rings. The van der Waals surface area contributed by atoms with E-state index in [9.17, 15) is 4.79 Å². The molecule has 2 N–H and O–H groups in total. The second kappa shape index (κ2) is 5.47. The van der Waals surface area contributed by atoms with Crippen LogP contribution in [0.3, 0.4) is 0 Å². The molecule has 0 saturated carbocycles. The first-order chi connectivity index (χ1) is 7.93. The van der Waals surface area contributed by atoms with Crippen molar-refractivity contribution >= 4 is 17.5 Å². The van der Waals surface area contributed by atoms with E-state index in [1.54, 1.807) is 39.0 Å². The van der Waals surface area contributed by atoms with Crippen LogP contribution in [-0.2, 0) is 4.79 Å². The van der Waals surface area contributed by atoms with Crippen molar-refractivity contribution < 1.29 is 4.79 Å².